The van der Waals surface area contributed by atoms with Gasteiger partial charge < -0.3 is 0 Å². The van der Waals surface area contributed by atoms with Gasteiger partial charge in [-0.3, -0.25) is 0 Å². The van der Waals surface area contributed by atoms with Gasteiger partial charge in [0.1, 0.15) is 0 Å². The predicted molar refractivity (Wildman–Crippen MR) is 161 cm³/mol. The van der Waals surface area contributed by atoms with E-state index in [4.69, 9.17) is 0 Å². The van der Waals surface area contributed by atoms with Crippen molar-refractivity contribution in [2.45, 2.75) is 93.9 Å². The van der Waals surface area contributed by atoms with E-state index in [9.17, 15) is 0 Å². The van der Waals surface area contributed by atoms with Crippen LogP contribution in [0.15, 0.2) is 62.0 Å². The van der Waals surface area contributed by atoms with Crippen molar-refractivity contribution >= 4 is 39.7 Å². The Morgan fingerprint density at radius 2 is 1.61 bits per heavy atom. The van der Waals surface area contributed by atoms with Crippen LogP contribution in [0.2, 0.25) is 0 Å². The fourth-order valence-corrected chi connectivity index (χ4v) is 10.3. The molecule has 1 aromatic rings. The standard InChI is InChI=1S/C30H37.C3H6.2ClH.Zr/c1-9-20-11-14-27(24(20)10-2)30(29(6,7)8)16-15-26-22(19-30)17-21-18-23(28(3,4)5)12-13-25(21)26;1-3-2;;;/h11-13,15-18H,9-10,14H2,1-8H3;1-2H3;2*1H;. The van der Waals surface area contributed by atoms with Gasteiger partial charge in [-0.25, -0.2) is 0 Å². The molecule has 3 heteroatoms. The second kappa shape index (κ2) is 11.2. The van der Waals surface area contributed by atoms with Crippen LogP contribution in [0.3, 0.4) is 0 Å². The largest absolute Gasteiger partial charge is 0.147 e. The summed E-state index contributed by atoms with van der Waals surface area (Å²) in [6, 6.07) is 7.19. The monoisotopic (exact) mass is 601 g/mol. The number of benzene rings is 1. The Balaban J connectivity index is 0.00000228. The van der Waals surface area contributed by atoms with Crippen LogP contribution in [0, 0.1) is 10.8 Å². The van der Waals surface area contributed by atoms with Crippen molar-refractivity contribution < 1.29 is 22.8 Å². The van der Waals surface area contributed by atoms with Gasteiger partial charge >= 0.3 is 220 Å². The molecule has 0 spiro atoms. The Hall–Kier alpha value is -0.747. The van der Waals surface area contributed by atoms with Gasteiger partial charge in [0.15, 0.2) is 0 Å². The van der Waals surface area contributed by atoms with Crippen molar-refractivity contribution in [3.8, 4) is 0 Å². The summed E-state index contributed by atoms with van der Waals surface area (Å²) in [6.07, 6.45) is 13.6. The van der Waals surface area contributed by atoms with E-state index >= 15 is 0 Å². The first-order chi connectivity index (χ1) is 15.8. The topological polar surface area (TPSA) is 0 Å². The molecule has 0 aromatic heterocycles. The maximum absolute atomic E-state index is 2.64. The molecule has 1 unspecified atom stereocenters. The molecule has 195 valence electrons. The maximum atomic E-state index is 2.64. The Kier molecular flexibility index (Phi) is 9.76. The summed E-state index contributed by atoms with van der Waals surface area (Å²) < 4.78 is 3.44. The van der Waals surface area contributed by atoms with Crippen molar-refractivity contribution in [2.75, 3.05) is 0 Å². The Labute approximate surface area is 243 Å². The van der Waals surface area contributed by atoms with Gasteiger partial charge in [-0.05, 0) is 0 Å². The smallest absolute Gasteiger partial charge is 0.147 e. The zero-order valence-corrected chi connectivity index (χ0v) is 28.1. The van der Waals surface area contributed by atoms with Gasteiger partial charge in [0, 0.05) is 0 Å². The molecule has 0 N–H and O–H groups in total. The van der Waals surface area contributed by atoms with E-state index in [-0.39, 0.29) is 41.1 Å². The second-order valence-electron chi connectivity index (χ2n) is 12.5. The molecule has 1 atom stereocenters. The number of allylic oxidation sites excluding steroid dienone is 8. The second-order valence-corrected chi connectivity index (χ2v) is 16.8. The van der Waals surface area contributed by atoms with Crippen LogP contribution in [-0.4, -0.2) is 3.21 Å². The van der Waals surface area contributed by atoms with Gasteiger partial charge in [-0.15, -0.1) is 24.8 Å². The minimum atomic E-state index is -0.894. The fourth-order valence-electron chi connectivity index (χ4n) is 6.27. The van der Waals surface area contributed by atoms with Gasteiger partial charge in [0.25, 0.3) is 0 Å². The molecule has 3 aliphatic rings. The number of hydrogen-bond acceptors (Lipinski definition) is 0. The third-order valence-corrected chi connectivity index (χ3v) is 11.5. The van der Waals surface area contributed by atoms with Gasteiger partial charge in [0.05, 0.1) is 0 Å². The molecule has 3 aliphatic carbocycles. The summed E-state index contributed by atoms with van der Waals surface area (Å²) in [4.78, 5) is 0. The molecule has 0 radical (unpaired) electrons. The van der Waals surface area contributed by atoms with Crippen molar-refractivity contribution in [2.24, 2.45) is 10.8 Å². The minimum absolute atomic E-state index is 0. The Morgan fingerprint density at radius 1 is 0.944 bits per heavy atom. The Bertz CT molecular complexity index is 1310. The zero-order chi connectivity index (χ0) is 25.1. The summed E-state index contributed by atoms with van der Waals surface area (Å²) in [6.45, 7) is 23.9. The van der Waals surface area contributed by atoms with Crippen LogP contribution >= 0.6 is 24.8 Å². The van der Waals surface area contributed by atoms with Gasteiger partial charge in [-0.1, -0.05) is 0 Å². The average molecular weight is 604 g/mol. The van der Waals surface area contributed by atoms with Crippen LogP contribution in [0.4, 0.5) is 0 Å². The summed E-state index contributed by atoms with van der Waals surface area (Å²) >= 11 is -0.894. The van der Waals surface area contributed by atoms with Crippen LogP contribution in [-0.2, 0) is 28.2 Å². The van der Waals surface area contributed by atoms with Crippen molar-refractivity contribution in [1.82, 2.24) is 0 Å². The number of fused-ring (bicyclic) bond motifs is 2. The molecule has 0 amide bonds. The molecular weight excluding hydrogens is 558 g/mol. The van der Waals surface area contributed by atoms with E-state index in [2.05, 4.69) is 112 Å². The van der Waals surface area contributed by atoms with Crippen molar-refractivity contribution in [3.05, 3.63) is 78.0 Å². The summed E-state index contributed by atoms with van der Waals surface area (Å²) in [5, 5.41) is 2.84. The molecule has 0 heterocycles. The number of halogens is 2. The van der Waals surface area contributed by atoms with Crippen LogP contribution in [0.5, 0.6) is 0 Å². The SMILES string of the molecule is CCC1=CCC(C2(C(C)(C)C)C=CC3=c4ccc(C(C)(C)C)cc4=CC3=[C]2[Zr]=[C](C)C)=C1CC.Cl.Cl. The number of hydrogen-bond donors (Lipinski definition) is 0. The van der Waals surface area contributed by atoms with E-state index in [1.165, 1.54) is 21.6 Å². The molecule has 0 saturated heterocycles. The first-order valence-corrected chi connectivity index (χ1v) is 15.6. The van der Waals surface area contributed by atoms with E-state index in [0.29, 0.717) is 0 Å². The minimum Gasteiger partial charge on any atom is -0.147 e. The van der Waals surface area contributed by atoms with E-state index < -0.39 is 22.8 Å². The number of rotatable bonds is 4. The quantitative estimate of drug-likeness (QED) is 0.324. The molecular formula is C33H45Cl2Zr. The summed E-state index contributed by atoms with van der Waals surface area (Å²) in [5.41, 5.74) is 9.68. The molecule has 1 aromatic carbocycles. The molecule has 0 saturated carbocycles. The van der Waals surface area contributed by atoms with Crippen LogP contribution in [0.1, 0.15) is 94.1 Å². The molecule has 0 aliphatic heterocycles. The molecule has 36 heavy (non-hydrogen) atoms. The molecule has 0 nitrogen and oxygen atoms in total. The first-order valence-electron chi connectivity index (χ1n) is 13.1. The summed E-state index contributed by atoms with van der Waals surface area (Å²) in [7, 11) is 0. The molecule has 4 rings (SSSR count). The van der Waals surface area contributed by atoms with Crippen LogP contribution < -0.4 is 10.4 Å². The maximum Gasteiger partial charge on any atom is -0.147 e. The summed E-state index contributed by atoms with van der Waals surface area (Å²) in [5.74, 6) is 0. The van der Waals surface area contributed by atoms with E-state index in [1.807, 2.05) is 0 Å². The van der Waals surface area contributed by atoms with Crippen molar-refractivity contribution in [1.29, 1.82) is 0 Å². The zero-order valence-electron chi connectivity index (χ0n) is 24.0. The fraction of sp³-hybridized carbons (Fsp3) is 0.485. The molecule has 0 bridgehead atoms. The predicted octanol–water partition coefficient (Wildman–Crippen LogP) is 8.37. The van der Waals surface area contributed by atoms with Gasteiger partial charge in [-0.2, -0.15) is 0 Å². The van der Waals surface area contributed by atoms with Crippen LogP contribution in [0.25, 0.3) is 11.6 Å². The first kappa shape index (κ1) is 31.5. The Morgan fingerprint density at radius 3 is 2.14 bits per heavy atom. The van der Waals surface area contributed by atoms with E-state index in [0.717, 1.165) is 19.3 Å². The van der Waals surface area contributed by atoms with Crippen molar-refractivity contribution in [3.63, 3.8) is 0 Å². The third-order valence-electron chi connectivity index (χ3n) is 8.03. The third kappa shape index (κ3) is 5.11. The average Bonchev–Trinajstić information content (AvgIpc) is 3.32. The molecule has 0 fully saturated rings. The normalized spacial score (nSPS) is 20.7. The van der Waals surface area contributed by atoms with E-state index in [1.54, 1.807) is 28.8 Å². The van der Waals surface area contributed by atoms with Gasteiger partial charge in [0.2, 0.25) is 0 Å².